The number of ether oxygens (including phenoxy) is 1. The summed E-state index contributed by atoms with van der Waals surface area (Å²) in [7, 11) is 0. The predicted octanol–water partition coefficient (Wildman–Crippen LogP) is 2.18. The predicted molar refractivity (Wildman–Crippen MR) is 66.9 cm³/mol. The third kappa shape index (κ3) is 2.86. The van der Waals surface area contributed by atoms with Gasteiger partial charge in [-0.15, -0.1) is 0 Å². The van der Waals surface area contributed by atoms with Crippen molar-refractivity contribution in [2.45, 2.75) is 6.92 Å². The van der Waals surface area contributed by atoms with Gasteiger partial charge in [0.05, 0.1) is 17.3 Å². The number of carboxylic acid groups (broad SMARTS) is 1. The Hall–Kier alpha value is -3.03. The van der Waals surface area contributed by atoms with Crippen LogP contribution in [0, 0.1) is 17.0 Å². The maximum Gasteiger partial charge on any atom is 0.356 e. The maximum atomic E-state index is 10.6. The van der Waals surface area contributed by atoms with Crippen LogP contribution in [0.15, 0.2) is 30.6 Å². The summed E-state index contributed by atoms with van der Waals surface area (Å²) in [5, 5.41) is 19.3. The Labute approximate surface area is 112 Å². The molecule has 0 bridgehead atoms. The van der Waals surface area contributed by atoms with Crippen molar-refractivity contribution >= 4 is 11.7 Å². The molecule has 1 N–H and O–H groups in total. The average Bonchev–Trinajstić information content (AvgIpc) is 2.41. The van der Waals surface area contributed by atoms with Crippen LogP contribution in [0.5, 0.6) is 11.6 Å². The second-order valence-corrected chi connectivity index (χ2v) is 3.85. The van der Waals surface area contributed by atoms with E-state index in [2.05, 4.69) is 9.97 Å². The molecule has 0 amide bonds. The molecule has 0 spiro atoms. The van der Waals surface area contributed by atoms with Crippen molar-refractivity contribution in [3.8, 4) is 11.6 Å². The molecule has 1 heterocycles. The minimum absolute atomic E-state index is 0.0397. The number of hydrogen-bond donors (Lipinski definition) is 1. The van der Waals surface area contributed by atoms with Crippen molar-refractivity contribution in [1.29, 1.82) is 0 Å². The lowest BCUT2D eigenvalue weighted by Gasteiger charge is -2.07. The van der Waals surface area contributed by atoms with E-state index in [9.17, 15) is 14.9 Å². The molecule has 1 aromatic heterocycles. The molecular weight excluding hydrogens is 266 g/mol. The van der Waals surface area contributed by atoms with Crippen LogP contribution < -0.4 is 4.74 Å². The second kappa shape index (κ2) is 5.31. The highest BCUT2D eigenvalue weighted by molar-refractivity contribution is 5.84. The van der Waals surface area contributed by atoms with E-state index in [1.807, 2.05) is 0 Å². The molecule has 0 fully saturated rings. The number of nitro groups is 1. The number of rotatable bonds is 4. The maximum absolute atomic E-state index is 10.6. The highest BCUT2D eigenvalue weighted by Gasteiger charge is 2.11. The van der Waals surface area contributed by atoms with Gasteiger partial charge in [0.15, 0.2) is 5.69 Å². The molecule has 0 aliphatic rings. The summed E-state index contributed by atoms with van der Waals surface area (Å²) in [6.07, 6.45) is 2.24. The van der Waals surface area contributed by atoms with Gasteiger partial charge < -0.3 is 9.84 Å². The van der Waals surface area contributed by atoms with Crippen LogP contribution in [0.4, 0.5) is 5.69 Å². The summed E-state index contributed by atoms with van der Waals surface area (Å²) in [5.41, 5.74) is 0.322. The molecule has 0 aliphatic carbocycles. The fourth-order valence-electron chi connectivity index (χ4n) is 1.45. The molecule has 0 saturated carbocycles. The third-order valence-electron chi connectivity index (χ3n) is 2.43. The van der Waals surface area contributed by atoms with Crippen LogP contribution in [0.3, 0.4) is 0 Å². The topological polar surface area (TPSA) is 115 Å². The van der Waals surface area contributed by atoms with Gasteiger partial charge in [0.1, 0.15) is 5.75 Å². The van der Waals surface area contributed by atoms with E-state index in [4.69, 9.17) is 9.84 Å². The van der Waals surface area contributed by atoms with Gasteiger partial charge in [-0.25, -0.2) is 14.8 Å². The van der Waals surface area contributed by atoms with E-state index in [1.165, 1.54) is 24.4 Å². The Morgan fingerprint density at radius 2 is 2.10 bits per heavy atom. The Morgan fingerprint density at radius 3 is 2.60 bits per heavy atom. The summed E-state index contributed by atoms with van der Waals surface area (Å²) in [6, 6.07) is 4.12. The lowest BCUT2D eigenvalue weighted by atomic mass is 10.2. The minimum Gasteiger partial charge on any atom is -0.476 e. The van der Waals surface area contributed by atoms with Gasteiger partial charge >= 0.3 is 5.97 Å². The molecule has 2 rings (SSSR count). The minimum atomic E-state index is -1.18. The van der Waals surface area contributed by atoms with Crippen LogP contribution in [0.1, 0.15) is 16.1 Å². The summed E-state index contributed by atoms with van der Waals surface area (Å²) in [4.78, 5) is 28.2. The molecule has 0 saturated heterocycles. The van der Waals surface area contributed by atoms with Crippen molar-refractivity contribution in [3.63, 3.8) is 0 Å². The van der Waals surface area contributed by atoms with E-state index in [1.54, 1.807) is 6.92 Å². The van der Waals surface area contributed by atoms with E-state index < -0.39 is 10.9 Å². The first-order chi connectivity index (χ1) is 9.47. The summed E-state index contributed by atoms with van der Waals surface area (Å²) < 4.78 is 5.39. The zero-order valence-electron chi connectivity index (χ0n) is 10.3. The zero-order chi connectivity index (χ0) is 14.7. The third-order valence-corrected chi connectivity index (χ3v) is 2.43. The normalized spacial score (nSPS) is 10.1. The van der Waals surface area contributed by atoms with E-state index >= 15 is 0 Å². The first kappa shape index (κ1) is 13.4. The fraction of sp³-hybridized carbons (Fsp3) is 0.0833. The largest absolute Gasteiger partial charge is 0.476 e. The Kier molecular flexibility index (Phi) is 3.56. The quantitative estimate of drug-likeness (QED) is 0.671. The molecule has 1 aromatic carbocycles. The summed E-state index contributed by atoms with van der Waals surface area (Å²) in [5.74, 6) is -0.699. The van der Waals surface area contributed by atoms with Gasteiger partial charge in [0, 0.05) is 12.1 Å². The number of aryl methyl sites for hydroxylation is 1. The highest BCUT2D eigenvalue weighted by atomic mass is 16.6. The second-order valence-electron chi connectivity index (χ2n) is 3.85. The van der Waals surface area contributed by atoms with Crippen LogP contribution in [-0.2, 0) is 0 Å². The molecule has 0 aliphatic heterocycles. The highest BCUT2D eigenvalue weighted by Crippen LogP contribution is 2.26. The standard InChI is InChI=1S/C12H9N3O5/c1-7-4-8(15(18)19)2-3-10(7)20-11-6-13-9(5-14-11)12(16)17/h2-6H,1H3,(H,16,17). The lowest BCUT2D eigenvalue weighted by molar-refractivity contribution is -0.384. The number of non-ortho nitro benzene ring substituents is 1. The van der Waals surface area contributed by atoms with Crippen molar-refractivity contribution in [2.24, 2.45) is 0 Å². The number of aromatic carboxylic acids is 1. The first-order valence-electron chi connectivity index (χ1n) is 5.45. The van der Waals surface area contributed by atoms with Crippen LogP contribution in [0.25, 0.3) is 0 Å². The number of nitrogens with zero attached hydrogens (tertiary/aromatic N) is 3. The van der Waals surface area contributed by atoms with Crippen LogP contribution >= 0.6 is 0 Å². The number of hydrogen-bond acceptors (Lipinski definition) is 6. The van der Waals surface area contributed by atoms with Gasteiger partial charge in [-0.05, 0) is 18.6 Å². The molecule has 0 radical (unpaired) electrons. The van der Waals surface area contributed by atoms with E-state index in [0.717, 1.165) is 6.20 Å². The van der Waals surface area contributed by atoms with Gasteiger partial charge in [0.2, 0.25) is 5.88 Å². The number of benzene rings is 1. The number of aromatic nitrogens is 2. The fourth-order valence-corrected chi connectivity index (χ4v) is 1.45. The van der Waals surface area contributed by atoms with Crippen molar-refractivity contribution < 1.29 is 19.6 Å². The molecule has 20 heavy (non-hydrogen) atoms. The molecule has 0 atom stereocenters. The molecule has 102 valence electrons. The van der Waals surface area contributed by atoms with Gasteiger partial charge in [-0.3, -0.25) is 10.1 Å². The first-order valence-corrected chi connectivity index (χ1v) is 5.45. The number of carboxylic acids is 1. The molecule has 2 aromatic rings. The van der Waals surface area contributed by atoms with Gasteiger partial charge in [-0.1, -0.05) is 0 Å². The molecular formula is C12H9N3O5. The summed E-state index contributed by atoms with van der Waals surface area (Å²) in [6.45, 7) is 1.65. The lowest BCUT2D eigenvalue weighted by Crippen LogP contribution is -2.01. The van der Waals surface area contributed by atoms with Crippen LogP contribution in [-0.4, -0.2) is 26.0 Å². The molecule has 0 unspecified atom stereocenters. The molecule has 8 heteroatoms. The Bertz CT molecular complexity index is 669. The van der Waals surface area contributed by atoms with Crippen molar-refractivity contribution in [1.82, 2.24) is 9.97 Å². The zero-order valence-corrected chi connectivity index (χ0v) is 10.3. The summed E-state index contributed by atoms with van der Waals surface area (Å²) >= 11 is 0. The van der Waals surface area contributed by atoms with Crippen molar-refractivity contribution in [2.75, 3.05) is 0 Å². The van der Waals surface area contributed by atoms with E-state index in [-0.39, 0.29) is 17.3 Å². The number of nitro benzene ring substituents is 1. The Morgan fingerprint density at radius 1 is 1.35 bits per heavy atom. The SMILES string of the molecule is Cc1cc([N+](=O)[O-])ccc1Oc1cnc(C(=O)O)cn1. The number of carbonyl (C=O) groups is 1. The molecule has 8 nitrogen and oxygen atoms in total. The Balaban J connectivity index is 2.21. The van der Waals surface area contributed by atoms with Crippen molar-refractivity contribution in [3.05, 3.63) is 52.0 Å². The van der Waals surface area contributed by atoms with Gasteiger partial charge in [-0.2, -0.15) is 0 Å². The smallest absolute Gasteiger partial charge is 0.356 e. The van der Waals surface area contributed by atoms with Crippen LogP contribution in [0.2, 0.25) is 0 Å². The van der Waals surface area contributed by atoms with E-state index in [0.29, 0.717) is 11.3 Å². The average molecular weight is 275 g/mol. The van der Waals surface area contributed by atoms with Gasteiger partial charge in [0.25, 0.3) is 5.69 Å². The monoisotopic (exact) mass is 275 g/mol.